The number of aromatic nitrogens is 1. The van der Waals surface area contributed by atoms with Crippen LogP contribution in [-0.2, 0) is 4.79 Å². The summed E-state index contributed by atoms with van der Waals surface area (Å²) in [7, 11) is 0. The van der Waals surface area contributed by atoms with Gasteiger partial charge in [-0.25, -0.2) is 4.98 Å². The molecule has 6 heteroatoms. The first-order valence-electron chi connectivity index (χ1n) is 5.88. The Hall–Kier alpha value is -2.40. The Morgan fingerprint density at radius 1 is 1.05 bits per heavy atom. The standard InChI is InChI=1S/C14H12ClN3O2/c15-9-13(19)17-11-6-2-1-5-10(11)14(20)18-12-7-3-4-8-16-12/h1-8H,9H2,(H,17,19)(H,16,18,20). The molecule has 0 aliphatic heterocycles. The lowest BCUT2D eigenvalue weighted by atomic mass is 10.1. The first-order chi connectivity index (χ1) is 9.70. The molecule has 2 aromatic rings. The van der Waals surface area contributed by atoms with Crippen LogP contribution in [-0.4, -0.2) is 22.7 Å². The van der Waals surface area contributed by atoms with Gasteiger partial charge in [0.05, 0.1) is 11.3 Å². The summed E-state index contributed by atoms with van der Waals surface area (Å²) in [5, 5.41) is 5.23. The van der Waals surface area contributed by atoms with E-state index in [2.05, 4.69) is 15.6 Å². The molecular formula is C14H12ClN3O2. The quantitative estimate of drug-likeness (QED) is 0.850. The smallest absolute Gasteiger partial charge is 0.258 e. The van der Waals surface area contributed by atoms with Crippen LogP contribution in [0.3, 0.4) is 0 Å². The van der Waals surface area contributed by atoms with Crippen molar-refractivity contribution in [3.05, 3.63) is 54.2 Å². The van der Waals surface area contributed by atoms with Gasteiger partial charge in [0.15, 0.2) is 0 Å². The molecule has 0 spiro atoms. The van der Waals surface area contributed by atoms with Crippen molar-refractivity contribution in [3.63, 3.8) is 0 Å². The second-order valence-corrected chi connectivity index (χ2v) is 4.16. The van der Waals surface area contributed by atoms with E-state index in [0.29, 0.717) is 17.1 Å². The van der Waals surface area contributed by atoms with Gasteiger partial charge in [0.2, 0.25) is 5.91 Å². The molecule has 0 saturated carbocycles. The van der Waals surface area contributed by atoms with Crippen molar-refractivity contribution in [1.82, 2.24) is 4.98 Å². The topological polar surface area (TPSA) is 71.1 Å². The number of rotatable bonds is 4. The molecule has 0 radical (unpaired) electrons. The zero-order valence-corrected chi connectivity index (χ0v) is 11.2. The molecule has 1 heterocycles. The van der Waals surface area contributed by atoms with Crippen molar-refractivity contribution >= 4 is 34.9 Å². The van der Waals surface area contributed by atoms with E-state index in [1.165, 1.54) is 0 Å². The van der Waals surface area contributed by atoms with Crippen LogP contribution >= 0.6 is 11.6 Å². The molecule has 0 aliphatic rings. The summed E-state index contributed by atoms with van der Waals surface area (Å²) >= 11 is 5.44. The molecule has 5 nitrogen and oxygen atoms in total. The van der Waals surface area contributed by atoms with E-state index in [0.717, 1.165) is 0 Å². The molecule has 1 aromatic heterocycles. The van der Waals surface area contributed by atoms with Gasteiger partial charge in [-0.1, -0.05) is 18.2 Å². The number of anilines is 2. The number of carbonyl (C=O) groups excluding carboxylic acids is 2. The first kappa shape index (κ1) is 14.0. The Labute approximate surface area is 121 Å². The number of nitrogens with zero attached hydrogens (tertiary/aromatic N) is 1. The zero-order valence-electron chi connectivity index (χ0n) is 10.5. The maximum Gasteiger partial charge on any atom is 0.258 e. The van der Waals surface area contributed by atoms with E-state index in [-0.39, 0.29) is 17.7 Å². The third-order valence-corrected chi connectivity index (χ3v) is 2.72. The molecule has 0 unspecified atom stereocenters. The summed E-state index contributed by atoms with van der Waals surface area (Å²) in [5.74, 6) is -0.453. The van der Waals surface area contributed by atoms with Gasteiger partial charge < -0.3 is 10.6 Å². The van der Waals surface area contributed by atoms with Gasteiger partial charge in [-0.3, -0.25) is 9.59 Å². The van der Waals surface area contributed by atoms with Gasteiger partial charge in [-0.05, 0) is 24.3 Å². The third kappa shape index (κ3) is 3.55. The Morgan fingerprint density at radius 2 is 1.80 bits per heavy atom. The summed E-state index contributed by atoms with van der Waals surface area (Å²) in [6.45, 7) is 0. The molecule has 20 heavy (non-hydrogen) atoms. The van der Waals surface area contributed by atoms with Crippen molar-refractivity contribution < 1.29 is 9.59 Å². The highest BCUT2D eigenvalue weighted by Crippen LogP contribution is 2.16. The average molecular weight is 290 g/mol. The largest absolute Gasteiger partial charge is 0.324 e. The normalized spacial score (nSPS) is 9.85. The van der Waals surface area contributed by atoms with E-state index < -0.39 is 0 Å². The number of benzene rings is 1. The minimum absolute atomic E-state index is 0.170. The van der Waals surface area contributed by atoms with Gasteiger partial charge in [0.1, 0.15) is 11.7 Å². The summed E-state index contributed by atoms with van der Waals surface area (Å²) in [6, 6.07) is 11.9. The molecule has 2 rings (SSSR count). The fraction of sp³-hybridized carbons (Fsp3) is 0.0714. The Morgan fingerprint density at radius 3 is 2.50 bits per heavy atom. The molecule has 0 bridgehead atoms. The first-order valence-corrected chi connectivity index (χ1v) is 6.41. The van der Waals surface area contributed by atoms with Crippen LogP contribution in [0.25, 0.3) is 0 Å². The Bertz CT molecular complexity index is 617. The fourth-order valence-corrected chi connectivity index (χ4v) is 1.66. The summed E-state index contributed by atoms with van der Waals surface area (Å²) in [4.78, 5) is 27.5. The van der Waals surface area contributed by atoms with Gasteiger partial charge >= 0.3 is 0 Å². The molecule has 0 fully saturated rings. The summed E-state index contributed by atoms with van der Waals surface area (Å²) in [6.07, 6.45) is 1.58. The van der Waals surface area contributed by atoms with Gasteiger partial charge in [0, 0.05) is 6.20 Å². The monoisotopic (exact) mass is 289 g/mol. The Kier molecular flexibility index (Phi) is 4.68. The van der Waals surface area contributed by atoms with E-state index in [1.54, 1.807) is 48.7 Å². The second-order valence-electron chi connectivity index (χ2n) is 3.90. The third-order valence-electron chi connectivity index (χ3n) is 2.47. The van der Waals surface area contributed by atoms with Crippen LogP contribution in [0.4, 0.5) is 11.5 Å². The molecular weight excluding hydrogens is 278 g/mol. The number of halogens is 1. The minimum atomic E-state index is -0.371. The van der Waals surface area contributed by atoms with Crippen LogP contribution in [0, 0.1) is 0 Å². The Balaban J connectivity index is 2.19. The lowest BCUT2D eigenvalue weighted by Gasteiger charge is -2.10. The van der Waals surface area contributed by atoms with Crippen molar-refractivity contribution in [1.29, 1.82) is 0 Å². The summed E-state index contributed by atoms with van der Waals surface area (Å²) in [5.41, 5.74) is 0.753. The number of alkyl halides is 1. The number of hydrogen-bond acceptors (Lipinski definition) is 3. The molecule has 0 atom stereocenters. The highest BCUT2D eigenvalue weighted by Gasteiger charge is 2.13. The SMILES string of the molecule is O=C(CCl)Nc1ccccc1C(=O)Nc1ccccn1. The zero-order chi connectivity index (χ0) is 14.4. The van der Waals surface area contributed by atoms with E-state index in [4.69, 9.17) is 11.6 Å². The summed E-state index contributed by atoms with van der Waals surface area (Å²) < 4.78 is 0. The lowest BCUT2D eigenvalue weighted by molar-refractivity contribution is -0.113. The van der Waals surface area contributed by atoms with Crippen LogP contribution in [0.2, 0.25) is 0 Å². The molecule has 0 saturated heterocycles. The van der Waals surface area contributed by atoms with Crippen molar-refractivity contribution in [2.24, 2.45) is 0 Å². The van der Waals surface area contributed by atoms with Crippen molar-refractivity contribution in [3.8, 4) is 0 Å². The number of carbonyl (C=O) groups is 2. The van der Waals surface area contributed by atoms with Crippen LogP contribution < -0.4 is 10.6 Å². The number of pyridine rings is 1. The maximum atomic E-state index is 12.2. The van der Waals surface area contributed by atoms with E-state index >= 15 is 0 Å². The number of amides is 2. The molecule has 2 N–H and O–H groups in total. The highest BCUT2D eigenvalue weighted by atomic mass is 35.5. The predicted molar refractivity (Wildman–Crippen MR) is 78.0 cm³/mol. The predicted octanol–water partition coefficient (Wildman–Crippen LogP) is 2.51. The average Bonchev–Trinajstić information content (AvgIpc) is 2.48. The van der Waals surface area contributed by atoms with E-state index in [9.17, 15) is 9.59 Å². The molecule has 102 valence electrons. The molecule has 2 amide bonds. The van der Waals surface area contributed by atoms with Gasteiger partial charge in [-0.15, -0.1) is 11.6 Å². The van der Waals surface area contributed by atoms with Crippen molar-refractivity contribution in [2.45, 2.75) is 0 Å². The highest BCUT2D eigenvalue weighted by molar-refractivity contribution is 6.29. The molecule has 1 aromatic carbocycles. The number of hydrogen-bond donors (Lipinski definition) is 2. The fourth-order valence-electron chi connectivity index (χ4n) is 1.59. The van der Waals surface area contributed by atoms with Crippen LogP contribution in [0.1, 0.15) is 10.4 Å². The van der Waals surface area contributed by atoms with E-state index in [1.807, 2.05) is 0 Å². The lowest BCUT2D eigenvalue weighted by Crippen LogP contribution is -2.19. The van der Waals surface area contributed by atoms with Crippen molar-refractivity contribution in [2.75, 3.05) is 16.5 Å². The second kappa shape index (κ2) is 6.68. The minimum Gasteiger partial charge on any atom is -0.324 e. The number of nitrogens with one attached hydrogen (secondary N) is 2. The maximum absolute atomic E-state index is 12.2. The molecule has 0 aliphatic carbocycles. The van der Waals surface area contributed by atoms with Gasteiger partial charge in [0.25, 0.3) is 5.91 Å². The number of para-hydroxylation sites is 1. The van der Waals surface area contributed by atoms with Crippen LogP contribution in [0.5, 0.6) is 0 Å². The van der Waals surface area contributed by atoms with Crippen LogP contribution in [0.15, 0.2) is 48.7 Å². The van der Waals surface area contributed by atoms with Gasteiger partial charge in [-0.2, -0.15) is 0 Å².